The molecule has 1 aromatic heterocycles. The van der Waals surface area contributed by atoms with E-state index in [0.717, 1.165) is 24.5 Å². The zero-order chi connectivity index (χ0) is 19.2. The van der Waals surface area contributed by atoms with Crippen LogP contribution in [0.2, 0.25) is 0 Å². The van der Waals surface area contributed by atoms with Gasteiger partial charge in [0.05, 0.1) is 26.4 Å². The molecular weight excluding hydrogens is 346 g/mol. The minimum atomic E-state index is 0.190. The molecule has 2 aliphatic heterocycles. The van der Waals surface area contributed by atoms with Crippen molar-refractivity contribution in [1.82, 2.24) is 14.8 Å². The summed E-state index contributed by atoms with van der Waals surface area (Å²) in [6.45, 7) is 10.2. The monoisotopic (exact) mass is 373 g/mol. The lowest BCUT2D eigenvalue weighted by molar-refractivity contribution is -0.132. The van der Waals surface area contributed by atoms with E-state index in [0.29, 0.717) is 50.5 Å². The van der Waals surface area contributed by atoms with Gasteiger partial charge < -0.3 is 24.6 Å². The molecule has 27 heavy (non-hydrogen) atoms. The molecular formula is C19H27N5O3. The second kappa shape index (κ2) is 8.85. The fourth-order valence-electron chi connectivity index (χ4n) is 3.02. The van der Waals surface area contributed by atoms with Crippen LogP contribution in [0.25, 0.3) is 0 Å². The van der Waals surface area contributed by atoms with Crippen molar-refractivity contribution in [3.63, 3.8) is 0 Å². The van der Waals surface area contributed by atoms with Crippen LogP contribution < -0.4 is 5.32 Å². The van der Waals surface area contributed by atoms with Crippen LogP contribution in [-0.4, -0.2) is 79.1 Å². The van der Waals surface area contributed by atoms with E-state index in [1.807, 2.05) is 24.0 Å². The number of rotatable bonds is 6. The molecule has 0 aromatic carbocycles. The third kappa shape index (κ3) is 4.77. The van der Waals surface area contributed by atoms with E-state index in [2.05, 4.69) is 26.8 Å². The Hall–Kier alpha value is -2.61. The van der Waals surface area contributed by atoms with E-state index >= 15 is 0 Å². The molecule has 0 aliphatic carbocycles. The minimum absolute atomic E-state index is 0.190. The van der Waals surface area contributed by atoms with Crippen molar-refractivity contribution >= 4 is 17.6 Å². The Morgan fingerprint density at radius 2 is 2.07 bits per heavy atom. The van der Waals surface area contributed by atoms with Crippen molar-refractivity contribution < 1.29 is 14.3 Å². The van der Waals surface area contributed by atoms with Crippen LogP contribution in [0.4, 0.5) is 5.82 Å². The van der Waals surface area contributed by atoms with Crippen LogP contribution >= 0.6 is 0 Å². The van der Waals surface area contributed by atoms with Gasteiger partial charge in [-0.15, -0.1) is 0 Å². The number of methoxy groups -OCH3 is 1. The number of hydrogen-bond donors (Lipinski definition) is 1. The Labute approximate surface area is 159 Å². The van der Waals surface area contributed by atoms with E-state index < -0.39 is 0 Å². The van der Waals surface area contributed by atoms with Gasteiger partial charge in [0, 0.05) is 44.4 Å². The molecule has 3 heterocycles. The summed E-state index contributed by atoms with van der Waals surface area (Å²) in [5.74, 6) is 2.08. The third-order valence-electron chi connectivity index (χ3n) is 4.72. The number of nitrogens with one attached hydrogen (secondary N) is 1. The first-order valence-corrected chi connectivity index (χ1v) is 9.25. The standard InChI is InChI=1S/C19H27N5O3/c1-4-18(25)24-9-7-23(8-10-24)14(2)21-19(26-3)15-5-6-20-17(11-15)22-16-12-27-13-16/h5-6,11,16H,2,4,7-10,12-13H2,1,3H3,(H,20,22)/b21-19-. The SMILES string of the molecule is C=C(/N=C(\OC)c1ccnc(NC2COC2)c1)N1CCN(C(=O)CC)CC1. The first-order chi connectivity index (χ1) is 13.1. The second-order valence-electron chi connectivity index (χ2n) is 6.57. The van der Waals surface area contributed by atoms with Crippen molar-refractivity contribution in [1.29, 1.82) is 0 Å². The molecule has 1 aromatic rings. The minimum Gasteiger partial charge on any atom is -0.481 e. The number of hydrogen-bond acceptors (Lipinski definition) is 7. The third-order valence-corrected chi connectivity index (χ3v) is 4.72. The zero-order valence-corrected chi connectivity index (χ0v) is 16.0. The average Bonchev–Trinajstić information content (AvgIpc) is 2.68. The molecule has 3 rings (SSSR count). The summed E-state index contributed by atoms with van der Waals surface area (Å²) in [4.78, 5) is 24.7. The lowest BCUT2D eigenvalue weighted by Gasteiger charge is -2.35. The highest BCUT2D eigenvalue weighted by Gasteiger charge is 2.21. The van der Waals surface area contributed by atoms with Crippen LogP contribution in [0.1, 0.15) is 18.9 Å². The van der Waals surface area contributed by atoms with Crippen LogP contribution in [0, 0.1) is 0 Å². The van der Waals surface area contributed by atoms with E-state index in [9.17, 15) is 4.79 Å². The first-order valence-electron chi connectivity index (χ1n) is 9.25. The van der Waals surface area contributed by atoms with E-state index in [4.69, 9.17) is 9.47 Å². The second-order valence-corrected chi connectivity index (χ2v) is 6.57. The Kier molecular flexibility index (Phi) is 6.28. The molecule has 2 fully saturated rings. The maximum absolute atomic E-state index is 11.8. The summed E-state index contributed by atoms with van der Waals surface area (Å²) in [5.41, 5.74) is 0.830. The highest BCUT2D eigenvalue weighted by Crippen LogP contribution is 2.16. The number of aliphatic imine (C=N–C) groups is 1. The molecule has 0 spiro atoms. The van der Waals surface area contributed by atoms with Gasteiger partial charge in [0.25, 0.3) is 0 Å². The molecule has 0 bridgehead atoms. The highest BCUT2D eigenvalue weighted by molar-refractivity contribution is 5.95. The fourth-order valence-corrected chi connectivity index (χ4v) is 3.02. The number of carbonyl (C=O) groups excluding carboxylic acids is 1. The Morgan fingerprint density at radius 3 is 2.67 bits per heavy atom. The Morgan fingerprint density at radius 1 is 1.37 bits per heavy atom. The van der Waals surface area contributed by atoms with Gasteiger partial charge in [-0.2, -0.15) is 4.99 Å². The number of piperazine rings is 1. The maximum atomic E-state index is 11.8. The summed E-state index contributed by atoms with van der Waals surface area (Å²) in [5, 5.41) is 3.32. The molecule has 2 aliphatic rings. The van der Waals surface area contributed by atoms with E-state index in [1.165, 1.54) is 0 Å². The lowest BCUT2D eigenvalue weighted by Crippen LogP contribution is -2.47. The van der Waals surface area contributed by atoms with Crippen molar-refractivity contribution in [2.24, 2.45) is 4.99 Å². The largest absolute Gasteiger partial charge is 0.481 e. The van der Waals surface area contributed by atoms with Crippen molar-refractivity contribution in [3.05, 3.63) is 36.3 Å². The van der Waals surface area contributed by atoms with Gasteiger partial charge in [-0.25, -0.2) is 4.98 Å². The lowest BCUT2D eigenvalue weighted by atomic mass is 10.2. The normalized spacial score (nSPS) is 18.1. The van der Waals surface area contributed by atoms with Gasteiger partial charge in [-0.05, 0) is 12.1 Å². The van der Waals surface area contributed by atoms with Crippen molar-refractivity contribution in [3.8, 4) is 0 Å². The average molecular weight is 373 g/mol. The summed E-state index contributed by atoms with van der Waals surface area (Å²) in [7, 11) is 1.59. The molecule has 0 unspecified atom stereocenters. The summed E-state index contributed by atoms with van der Waals surface area (Å²) >= 11 is 0. The van der Waals surface area contributed by atoms with Gasteiger partial charge in [0.2, 0.25) is 11.8 Å². The van der Waals surface area contributed by atoms with Crippen molar-refractivity contribution in [2.75, 3.05) is 51.8 Å². The molecule has 1 amide bonds. The smallest absolute Gasteiger partial charge is 0.222 e. The molecule has 0 radical (unpaired) electrons. The zero-order valence-electron chi connectivity index (χ0n) is 16.0. The number of pyridine rings is 1. The molecule has 0 saturated carbocycles. The van der Waals surface area contributed by atoms with Gasteiger partial charge in [-0.3, -0.25) is 4.79 Å². The first kappa shape index (κ1) is 19.2. The maximum Gasteiger partial charge on any atom is 0.222 e. The number of aromatic nitrogens is 1. The number of amides is 1. The van der Waals surface area contributed by atoms with Crippen LogP contribution in [0.15, 0.2) is 35.7 Å². The van der Waals surface area contributed by atoms with E-state index in [1.54, 1.807) is 13.3 Å². The van der Waals surface area contributed by atoms with Crippen LogP contribution in [0.5, 0.6) is 0 Å². The molecule has 1 N–H and O–H groups in total. The van der Waals surface area contributed by atoms with Gasteiger partial charge in [0.15, 0.2) is 0 Å². The summed E-state index contributed by atoms with van der Waals surface area (Å²) < 4.78 is 10.7. The number of nitrogens with zero attached hydrogens (tertiary/aromatic N) is 4. The van der Waals surface area contributed by atoms with Gasteiger partial charge in [-0.1, -0.05) is 13.5 Å². The fraction of sp³-hybridized carbons (Fsp3) is 0.526. The van der Waals surface area contributed by atoms with Gasteiger partial charge >= 0.3 is 0 Å². The highest BCUT2D eigenvalue weighted by atomic mass is 16.5. The van der Waals surface area contributed by atoms with E-state index in [-0.39, 0.29) is 5.91 Å². The summed E-state index contributed by atoms with van der Waals surface area (Å²) in [6.07, 6.45) is 2.27. The summed E-state index contributed by atoms with van der Waals surface area (Å²) in [6, 6.07) is 4.06. The molecule has 8 heteroatoms. The number of anilines is 1. The van der Waals surface area contributed by atoms with Crippen LogP contribution in [0.3, 0.4) is 0 Å². The topological polar surface area (TPSA) is 79.3 Å². The van der Waals surface area contributed by atoms with Crippen LogP contribution in [-0.2, 0) is 14.3 Å². The molecule has 2 saturated heterocycles. The molecule has 8 nitrogen and oxygen atoms in total. The Balaban J connectivity index is 1.64. The molecule has 146 valence electrons. The van der Waals surface area contributed by atoms with Crippen molar-refractivity contribution in [2.45, 2.75) is 19.4 Å². The number of carbonyl (C=O) groups is 1. The predicted molar refractivity (Wildman–Crippen MR) is 104 cm³/mol. The molecule has 0 atom stereocenters. The quantitative estimate of drug-likeness (QED) is 0.598. The Bertz CT molecular complexity index is 709. The number of ether oxygens (including phenoxy) is 2. The predicted octanol–water partition coefficient (Wildman–Crippen LogP) is 1.31. The van der Waals surface area contributed by atoms with Gasteiger partial charge in [0.1, 0.15) is 11.6 Å².